The first-order chi connectivity index (χ1) is 17.4. The quantitative estimate of drug-likeness (QED) is 0.204. The highest BCUT2D eigenvalue weighted by Crippen LogP contribution is 2.26. The van der Waals surface area contributed by atoms with E-state index in [0.717, 1.165) is 71.4 Å². The van der Waals surface area contributed by atoms with Crippen LogP contribution in [0.4, 0.5) is 11.4 Å². The van der Waals surface area contributed by atoms with E-state index in [1.54, 1.807) is 0 Å². The van der Waals surface area contributed by atoms with Gasteiger partial charge < -0.3 is 9.80 Å². The van der Waals surface area contributed by atoms with Crippen LogP contribution in [0.15, 0.2) is 54.6 Å². The fraction of sp³-hybridized carbons (Fsp3) is 0.303. The molecule has 0 amide bonds. The molecule has 36 heavy (non-hydrogen) atoms. The number of rotatable bonds is 11. The molecule has 3 heteroatoms. The summed E-state index contributed by atoms with van der Waals surface area (Å²) in [5.74, 6) is 0. The predicted molar refractivity (Wildman–Crippen MR) is 159 cm³/mol. The van der Waals surface area contributed by atoms with Gasteiger partial charge in [0.1, 0.15) is 0 Å². The molecule has 0 aromatic heterocycles. The lowest BCUT2D eigenvalue weighted by atomic mass is 9.92. The Morgan fingerprint density at radius 2 is 0.944 bits per heavy atom. The summed E-state index contributed by atoms with van der Waals surface area (Å²) in [6.45, 7) is 16.8. The number of anilines is 2. The first kappa shape index (κ1) is 27.0. The highest BCUT2D eigenvalue weighted by atomic mass is 16.1. The molecule has 0 bridgehead atoms. The molecule has 3 aromatic carbocycles. The zero-order valence-corrected chi connectivity index (χ0v) is 22.7. The number of hydrogen-bond acceptors (Lipinski definition) is 3. The molecule has 0 fully saturated rings. The van der Waals surface area contributed by atoms with Crippen molar-refractivity contribution in [1.29, 1.82) is 0 Å². The van der Waals surface area contributed by atoms with Gasteiger partial charge in [0, 0.05) is 43.1 Å². The first-order valence-electron chi connectivity index (χ1n) is 13.1. The summed E-state index contributed by atoms with van der Waals surface area (Å²) in [5, 5.41) is 0. The molecule has 0 aliphatic rings. The van der Waals surface area contributed by atoms with E-state index in [1.807, 2.05) is 13.8 Å². The van der Waals surface area contributed by atoms with Crippen LogP contribution in [0.1, 0.15) is 71.4 Å². The molecule has 3 nitrogen and oxygen atoms in total. The highest BCUT2D eigenvalue weighted by molar-refractivity contribution is 5.87. The second kappa shape index (κ2) is 12.9. The molecular formula is C33H40N2O. The Morgan fingerprint density at radius 3 is 1.25 bits per heavy atom. The molecule has 0 saturated heterocycles. The van der Waals surface area contributed by atoms with Gasteiger partial charge in [0.15, 0.2) is 6.29 Å². The van der Waals surface area contributed by atoms with E-state index in [1.165, 1.54) is 11.4 Å². The molecule has 3 aromatic rings. The monoisotopic (exact) mass is 480 g/mol. The second-order valence-electron chi connectivity index (χ2n) is 9.03. The van der Waals surface area contributed by atoms with Crippen LogP contribution < -0.4 is 9.80 Å². The minimum atomic E-state index is 0.769. The van der Waals surface area contributed by atoms with Crippen molar-refractivity contribution in [3.63, 3.8) is 0 Å². The molecule has 0 heterocycles. The smallest absolute Gasteiger partial charge is 0.150 e. The highest BCUT2D eigenvalue weighted by Gasteiger charge is 2.10. The minimum Gasteiger partial charge on any atom is -0.372 e. The van der Waals surface area contributed by atoms with Gasteiger partial charge in [0.25, 0.3) is 0 Å². The molecule has 0 aliphatic carbocycles. The molecule has 0 N–H and O–H groups in total. The van der Waals surface area contributed by atoms with Crippen LogP contribution in [0.3, 0.4) is 0 Å². The van der Waals surface area contributed by atoms with Crippen molar-refractivity contribution in [2.75, 3.05) is 36.0 Å². The van der Waals surface area contributed by atoms with Gasteiger partial charge in [-0.25, -0.2) is 0 Å². The largest absolute Gasteiger partial charge is 0.372 e. The molecule has 0 atom stereocenters. The van der Waals surface area contributed by atoms with Gasteiger partial charge in [0.2, 0.25) is 0 Å². The van der Waals surface area contributed by atoms with Gasteiger partial charge in [-0.2, -0.15) is 0 Å². The van der Waals surface area contributed by atoms with Gasteiger partial charge in [0.05, 0.1) is 0 Å². The first-order valence-corrected chi connectivity index (χ1v) is 13.1. The summed E-state index contributed by atoms with van der Waals surface area (Å²) < 4.78 is 0. The van der Waals surface area contributed by atoms with Gasteiger partial charge in [-0.15, -0.1) is 0 Å². The number of hydrogen-bond donors (Lipinski definition) is 0. The zero-order valence-electron chi connectivity index (χ0n) is 22.7. The van der Waals surface area contributed by atoms with Crippen molar-refractivity contribution in [2.24, 2.45) is 0 Å². The lowest BCUT2D eigenvalue weighted by Gasteiger charge is -2.20. The number of carbonyl (C=O) groups excluding carboxylic acids is 1. The van der Waals surface area contributed by atoms with Crippen LogP contribution in [0.5, 0.6) is 0 Å². The summed E-state index contributed by atoms with van der Waals surface area (Å²) in [4.78, 5) is 16.6. The minimum absolute atomic E-state index is 0.769. The van der Waals surface area contributed by atoms with E-state index in [0.29, 0.717) is 0 Å². The van der Waals surface area contributed by atoms with Crippen LogP contribution in [0.2, 0.25) is 0 Å². The van der Waals surface area contributed by atoms with Crippen molar-refractivity contribution in [3.05, 3.63) is 93.5 Å². The number of carbonyl (C=O) groups is 1. The summed E-state index contributed by atoms with van der Waals surface area (Å²) in [6, 6.07) is 19.5. The maximum absolute atomic E-state index is 12.0. The van der Waals surface area contributed by atoms with Gasteiger partial charge in [-0.1, -0.05) is 48.6 Å². The summed E-state index contributed by atoms with van der Waals surface area (Å²) >= 11 is 0. The molecule has 0 spiro atoms. The Morgan fingerprint density at radius 1 is 0.583 bits per heavy atom. The Bertz CT molecular complexity index is 1110. The van der Waals surface area contributed by atoms with E-state index in [-0.39, 0.29) is 0 Å². The fourth-order valence-electron chi connectivity index (χ4n) is 4.64. The fourth-order valence-corrected chi connectivity index (χ4v) is 4.64. The van der Waals surface area contributed by atoms with E-state index >= 15 is 0 Å². The molecule has 0 saturated carbocycles. The van der Waals surface area contributed by atoms with Crippen LogP contribution in [0.25, 0.3) is 24.3 Å². The van der Waals surface area contributed by atoms with E-state index < -0.39 is 0 Å². The lowest BCUT2D eigenvalue weighted by molar-refractivity contribution is 0.112. The van der Waals surface area contributed by atoms with Crippen molar-refractivity contribution in [3.8, 4) is 0 Å². The normalized spacial score (nSPS) is 11.4. The number of nitrogens with zero attached hydrogens (tertiary/aromatic N) is 2. The van der Waals surface area contributed by atoms with E-state index in [4.69, 9.17) is 0 Å². The zero-order chi connectivity index (χ0) is 26.1. The average molecular weight is 481 g/mol. The summed E-state index contributed by atoms with van der Waals surface area (Å²) in [6.07, 6.45) is 9.46. The third-order valence-corrected chi connectivity index (χ3v) is 7.06. The Kier molecular flexibility index (Phi) is 9.69. The Labute approximate surface area is 217 Å². The van der Waals surface area contributed by atoms with Crippen LogP contribution in [-0.4, -0.2) is 32.5 Å². The Balaban J connectivity index is 1.87. The molecular weight excluding hydrogens is 440 g/mol. The molecule has 188 valence electrons. The molecule has 0 unspecified atom stereocenters. The van der Waals surface area contributed by atoms with Gasteiger partial charge in [-0.3, -0.25) is 4.79 Å². The van der Waals surface area contributed by atoms with E-state index in [2.05, 4.69) is 116 Å². The van der Waals surface area contributed by atoms with Crippen molar-refractivity contribution in [1.82, 2.24) is 0 Å². The maximum Gasteiger partial charge on any atom is 0.150 e. The number of aldehydes is 1. The van der Waals surface area contributed by atoms with Crippen molar-refractivity contribution in [2.45, 2.75) is 41.5 Å². The topological polar surface area (TPSA) is 23.6 Å². The molecule has 3 rings (SSSR count). The molecule has 0 aliphatic heterocycles. The van der Waals surface area contributed by atoms with Crippen LogP contribution in [0, 0.1) is 13.8 Å². The second-order valence-corrected chi connectivity index (χ2v) is 9.03. The Hall–Kier alpha value is -3.59. The van der Waals surface area contributed by atoms with Crippen LogP contribution >= 0.6 is 0 Å². The average Bonchev–Trinajstić information content (AvgIpc) is 2.91. The molecule has 0 radical (unpaired) electrons. The predicted octanol–water partition coefficient (Wildman–Crippen LogP) is 8.15. The van der Waals surface area contributed by atoms with Crippen molar-refractivity contribution < 1.29 is 4.79 Å². The summed E-state index contributed by atoms with van der Waals surface area (Å²) in [5.41, 5.74) is 9.69. The SMILES string of the molecule is CCN(CC)c1ccc(C=Cc2cc(C=Cc3ccc(N(CC)CC)cc3)c(C)c(C=O)c2C)cc1. The summed E-state index contributed by atoms with van der Waals surface area (Å²) in [7, 11) is 0. The van der Waals surface area contributed by atoms with Crippen LogP contribution in [-0.2, 0) is 0 Å². The van der Waals surface area contributed by atoms with E-state index in [9.17, 15) is 4.79 Å². The van der Waals surface area contributed by atoms with Crippen molar-refractivity contribution >= 4 is 42.0 Å². The third kappa shape index (κ3) is 6.34. The van der Waals surface area contributed by atoms with Gasteiger partial charge in [-0.05, 0) is 105 Å². The number of benzene rings is 3. The third-order valence-electron chi connectivity index (χ3n) is 7.06. The maximum atomic E-state index is 12.0. The lowest BCUT2D eigenvalue weighted by Crippen LogP contribution is -2.21. The van der Waals surface area contributed by atoms with Gasteiger partial charge >= 0.3 is 0 Å². The standard InChI is InChI=1S/C33H40N2O/c1-7-34(8-2)31-19-13-27(14-20-31)11-17-29-23-30(26(6)33(24-36)25(29)5)18-12-28-15-21-32(22-16-28)35(9-3)10-4/h11-24H,7-10H2,1-6H3.